The molecule has 0 heterocycles. The molecule has 5 heteroatoms. The summed E-state index contributed by atoms with van der Waals surface area (Å²) in [6, 6.07) is 5.02. The molecule has 1 aromatic rings. The highest BCUT2D eigenvalue weighted by molar-refractivity contribution is 9.11. The molecule has 0 amide bonds. The predicted octanol–water partition coefficient (Wildman–Crippen LogP) is 4.18. The van der Waals surface area contributed by atoms with Crippen LogP contribution in [0.5, 0.6) is 5.75 Å². The molecule has 1 aromatic carbocycles. The summed E-state index contributed by atoms with van der Waals surface area (Å²) in [6.45, 7) is 3.01. The molecular formula is C16H24Br2N2O. The minimum Gasteiger partial charge on any atom is -0.494 e. The fourth-order valence-electron chi connectivity index (χ4n) is 2.93. The summed E-state index contributed by atoms with van der Waals surface area (Å²) in [5.41, 5.74) is 1.25. The lowest BCUT2D eigenvalue weighted by Gasteiger charge is -2.24. The highest BCUT2D eigenvalue weighted by Crippen LogP contribution is 2.34. The van der Waals surface area contributed by atoms with Crippen molar-refractivity contribution in [2.45, 2.75) is 38.3 Å². The molecule has 0 spiro atoms. The van der Waals surface area contributed by atoms with Crippen molar-refractivity contribution >= 4 is 31.9 Å². The Morgan fingerprint density at radius 2 is 1.86 bits per heavy atom. The Kier molecular flexibility index (Phi) is 6.99. The average Bonchev–Trinajstić information content (AvgIpc) is 2.97. The van der Waals surface area contributed by atoms with Gasteiger partial charge in [0.05, 0.1) is 16.1 Å². The van der Waals surface area contributed by atoms with Crippen molar-refractivity contribution in [2.24, 2.45) is 0 Å². The van der Waals surface area contributed by atoms with Crippen LogP contribution in [0.25, 0.3) is 0 Å². The zero-order valence-electron chi connectivity index (χ0n) is 12.8. The van der Waals surface area contributed by atoms with E-state index in [4.69, 9.17) is 4.74 Å². The first-order valence-electron chi connectivity index (χ1n) is 7.54. The molecule has 0 aromatic heterocycles. The Bertz CT molecular complexity index is 439. The van der Waals surface area contributed by atoms with Crippen LogP contribution in [0.3, 0.4) is 0 Å². The third-order valence-electron chi connectivity index (χ3n) is 4.18. The number of halogens is 2. The number of hydrogen-bond donors (Lipinski definition) is 1. The van der Waals surface area contributed by atoms with Gasteiger partial charge in [-0.3, -0.25) is 0 Å². The molecule has 1 N–H and O–H groups in total. The van der Waals surface area contributed by atoms with Gasteiger partial charge in [-0.15, -0.1) is 0 Å². The van der Waals surface area contributed by atoms with Crippen molar-refractivity contribution < 1.29 is 4.74 Å². The summed E-state index contributed by atoms with van der Waals surface area (Å²) in [5.74, 6) is 0.847. The van der Waals surface area contributed by atoms with E-state index >= 15 is 0 Å². The van der Waals surface area contributed by atoms with Crippen LogP contribution >= 0.6 is 31.9 Å². The van der Waals surface area contributed by atoms with Gasteiger partial charge in [0.2, 0.25) is 0 Å². The monoisotopic (exact) mass is 418 g/mol. The second-order valence-corrected chi connectivity index (χ2v) is 7.40. The third kappa shape index (κ3) is 4.95. The molecule has 0 aliphatic heterocycles. The highest BCUT2D eigenvalue weighted by Gasteiger charge is 2.18. The fraction of sp³-hybridized carbons (Fsp3) is 0.625. The molecule has 118 valence electrons. The van der Waals surface area contributed by atoms with E-state index in [-0.39, 0.29) is 0 Å². The summed E-state index contributed by atoms with van der Waals surface area (Å²) < 4.78 is 7.29. The molecule has 3 nitrogen and oxygen atoms in total. The lowest BCUT2D eigenvalue weighted by molar-refractivity contribution is 0.245. The molecule has 21 heavy (non-hydrogen) atoms. The van der Waals surface area contributed by atoms with Gasteiger partial charge in [0.1, 0.15) is 5.75 Å². The topological polar surface area (TPSA) is 24.5 Å². The molecule has 0 unspecified atom stereocenters. The number of benzene rings is 1. The minimum absolute atomic E-state index is 0.802. The SMILES string of the molecule is COc1c(Br)cc(CNCCN(C)C2CCCC2)cc1Br. The van der Waals surface area contributed by atoms with Crippen LogP contribution in [0, 0.1) is 0 Å². The molecule has 0 saturated heterocycles. The predicted molar refractivity (Wildman–Crippen MR) is 95.0 cm³/mol. The van der Waals surface area contributed by atoms with E-state index in [1.54, 1.807) is 7.11 Å². The molecule has 1 aliphatic carbocycles. The Balaban J connectivity index is 1.75. The first kappa shape index (κ1) is 17.3. The number of hydrogen-bond acceptors (Lipinski definition) is 3. The van der Waals surface area contributed by atoms with Crippen molar-refractivity contribution in [3.63, 3.8) is 0 Å². The number of likely N-dealkylation sites (N-methyl/N-ethyl adjacent to an activating group) is 1. The molecular weight excluding hydrogens is 396 g/mol. The standard InChI is InChI=1S/C16H24Br2N2O/c1-20(13-5-3-4-6-13)8-7-19-11-12-9-14(17)16(21-2)15(18)10-12/h9-10,13,19H,3-8,11H2,1-2H3. The maximum absolute atomic E-state index is 5.32. The van der Waals surface area contributed by atoms with Crippen LogP contribution in [0.4, 0.5) is 0 Å². The minimum atomic E-state index is 0.802. The van der Waals surface area contributed by atoms with Crippen LogP contribution in [0.1, 0.15) is 31.2 Å². The number of rotatable bonds is 7. The lowest BCUT2D eigenvalue weighted by Crippen LogP contribution is -2.35. The van der Waals surface area contributed by atoms with E-state index in [0.717, 1.165) is 40.4 Å². The first-order chi connectivity index (χ1) is 10.1. The Morgan fingerprint density at radius 1 is 1.24 bits per heavy atom. The molecule has 2 rings (SSSR count). The summed E-state index contributed by atoms with van der Waals surface area (Å²) in [6.07, 6.45) is 5.54. The van der Waals surface area contributed by atoms with Crippen molar-refractivity contribution in [3.05, 3.63) is 26.6 Å². The maximum Gasteiger partial charge on any atom is 0.147 e. The summed E-state index contributed by atoms with van der Waals surface area (Å²) in [7, 11) is 3.93. The van der Waals surface area contributed by atoms with Crippen LogP contribution in [0.2, 0.25) is 0 Å². The molecule has 1 aliphatic rings. The smallest absolute Gasteiger partial charge is 0.147 e. The molecule has 1 fully saturated rings. The highest BCUT2D eigenvalue weighted by atomic mass is 79.9. The molecule has 0 atom stereocenters. The molecule has 1 saturated carbocycles. The number of ether oxygens (including phenoxy) is 1. The van der Waals surface area contributed by atoms with E-state index in [1.807, 2.05) is 0 Å². The number of nitrogens with zero attached hydrogens (tertiary/aromatic N) is 1. The molecule has 0 radical (unpaired) electrons. The number of nitrogens with one attached hydrogen (secondary N) is 1. The van der Waals surface area contributed by atoms with Crippen molar-refractivity contribution in [2.75, 3.05) is 27.2 Å². The van der Waals surface area contributed by atoms with Gasteiger partial charge in [-0.05, 0) is 69.4 Å². The van der Waals surface area contributed by atoms with Crippen LogP contribution in [-0.2, 0) is 6.54 Å². The second kappa shape index (κ2) is 8.51. The van der Waals surface area contributed by atoms with Gasteiger partial charge in [0.15, 0.2) is 0 Å². The average molecular weight is 420 g/mol. The third-order valence-corrected chi connectivity index (χ3v) is 5.36. The quantitative estimate of drug-likeness (QED) is 0.670. The van der Waals surface area contributed by atoms with E-state index in [9.17, 15) is 0 Å². The van der Waals surface area contributed by atoms with Crippen molar-refractivity contribution in [1.29, 1.82) is 0 Å². The fourth-order valence-corrected chi connectivity index (χ4v) is 4.53. The van der Waals surface area contributed by atoms with Gasteiger partial charge in [-0.1, -0.05) is 12.8 Å². The van der Waals surface area contributed by atoms with Gasteiger partial charge in [0.25, 0.3) is 0 Å². The van der Waals surface area contributed by atoms with Gasteiger partial charge in [-0.2, -0.15) is 0 Å². The lowest BCUT2D eigenvalue weighted by atomic mass is 10.2. The second-order valence-electron chi connectivity index (χ2n) is 5.69. The van der Waals surface area contributed by atoms with E-state index < -0.39 is 0 Å². The summed E-state index contributed by atoms with van der Waals surface area (Å²) in [4.78, 5) is 2.50. The van der Waals surface area contributed by atoms with E-state index in [0.29, 0.717) is 0 Å². The largest absolute Gasteiger partial charge is 0.494 e. The van der Waals surface area contributed by atoms with E-state index in [2.05, 4.69) is 61.3 Å². The Hall–Kier alpha value is -0.100. The maximum atomic E-state index is 5.32. The van der Waals surface area contributed by atoms with Gasteiger partial charge in [0, 0.05) is 25.7 Å². The van der Waals surface area contributed by atoms with Crippen molar-refractivity contribution in [3.8, 4) is 5.75 Å². The van der Waals surface area contributed by atoms with Gasteiger partial charge >= 0.3 is 0 Å². The summed E-state index contributed by atoms with van der Waals surface area (Å²) >= 11 is 7.09. The Morgan fingerprint density at radius 3 is 2.43 bits per heavy atom. The zero-order chi connectivity index (χ0) is 15.2. The normalized spacial score (nSPS) is 15.9. The van der Waals surface area contributed by atoms with Crippen LogP contribution in [-0.4, -0.2) is 38.2 Å². The molecule has 0 bridgehead atoms. The Labute approximate surface area is 144 Å². The first-order valence-corrected chi connectivity index (χ1v) is 9.13. The van der Waals surface area contributed by atoms with Gasteiger partial charge < -0.3 is 15.0 Å². The van der Waals surface area contributed by atoms with Crippen LogP contribution in [0.15, 0.2) is 21.1 Å². The van der Waals surface area contributed by atoms with E-state index in [1.165, 1.54) is 31.2 Å². The summed E-state index contributed by atoms with van der Waals surface area (Å²) in [5, 5.41) is 3.52. The van der Waals surface area contributed by atoms with Crippen LogP contribution < -0.4 is 10.1 Å². The zero-order valence-corrected chi connectivity index (χ0v) is 16.0. The number of methoxy groups -OCH3 is 1. The van der Waals surface area contributed by atoms with Gasteiger partial charge in [-0.25, -0.2) is 0 Å². The van der Waals surface area contributed by atoms with Crippen molar-refractivity contribution in [1.82, 2.24) is 10.2 Å².